The molecule has 0 amide bonds. The molecule has 1 aromatic rings. The second kappa shape index (κ2) is 3.89. The summed E-state index contributed by atoms with van der Waals surface area (Å²) in [5, 5.41) is 10.2. The Morgan fingerprint density at radius 2 is 1.56 bits per heavy atom. The maximum Gasteiger partial charge on any atom is 0.0823 e. The third kappa shape index (κ3) is 2.15. The lowest BCUT2D eigenvalue weighted by Gasteiger charge is -2.14. The highest BCUT2D eigenvalue weighted by Gasteiger charge is 2.50. The van der Waals surface area contributed by atoms with Crippen LogP contribution in [0.15, 0.2) is 24.3 Å². The molecule has 1 saturated carbocycles. The molecular weight excluding hydrogens is 196 g/mol. The number of rotatable bonds is 3. The molecule has 16 heavy (non-hydrogen) atoms. The standard InChI is InChI=1S/C15H22O/c1-10(2)11-5-7-12(8-6-11)14(16)13-9-15(13,3)4/h5-8,10,13-14,16H,9H2,1-4H3. The smallest absolute Gasteiger partial charge is 0.0823 e. The Kier molecular flexibility index (Phi) is 2.83. The molecule has 88 valence electrons. The van der Waals surface area contributed by atoms with Crippen LogP contribution in [-0.4, -0.2) is 5.11 Å². The van der Waals surface area contributed by atoms with Crippen LogP contribution in [0, 0.1) is 11.3 Å². The van der Waals surface area contributed by atoms with Crippen molar-refractivity contribution < 1.29 is 5.11 Å². The zero-order valence-electron chi connectivity index (χ0n) is 10.7. The lowest BCUT2D eigenvalue weighted by molar-refractivity contribution is 0.138. The number of aliphatic hydroxyl groups excluding tert-OH is 1. The summed E-state index contributed by atoms with van der Waals surface area (Å²) in [6, 6.07) is 8.43. The van der Waals surface area contributed by atoms with Gasteiger partial charge in [0, 0.05) is 0 Å². The first kappa shape index (κ1) is 11.7. The molecule has 1 N–H and O–H groups in total. The van der Waals surface area contributed by atoms with Crippen LogP contribution in [0.2, 0.25) is 0 Å². The highest BCUT2D eigenvalue weighted by atomic mass is 16.3. The molecule has 0 aromatic heterocycles. The van der Waals surface area contributed by atoms with Crippen molar-refractivity contribution >= 4 is 0 Å². The van der Waals surface area contributed by atoms with E-state index < -0.39 is 0 Å². The predicted octanol–water partition coefficient (Wildman–Crippen LogP) is 3.89. The van der Waals surface area contributed by atoms with Crippen LogP contribution >= 0.6 is 0 Å². The molecule has 1 fully saturated rings. The Hall–Kier alpha value is -0.820. The Labute approximate surface area is 98.5 Å². The Morgan fingerprint density at radius 1 is 1.12 bits per heavy atom. The Bertz CT molecular complexity index is 362. The Morgan fingerprint density at radius 3 is 1.94 bits per heavy atom. The fourth-order valence-corrected chi connectivity index (χ4v) is 2.36. The highest BCUT2D eigenvalue weighted by molar-refractivity contribution is 5.27. The molecular formula is C15H22O. The van der Waals surface area contributed by atoms with Gasteiger partial charge in [0.2, 0.25) is 0 Å². The van der Waals surface area contributed by atoms with Crippen molar-refractivity contribution in [1.29, 1.82) is 0 Å². The molecule has 0 heterocycles. The summed E-state index contributed by atoms with van der Waals surface area (Å²) in [5.41, 5.74) is 2.74. The predicted molar refractivity (Wildman–Crippen MR) is 67.4 cm³/mol. The lowest BCUT2D eigenvalue weighted by atomic mass is 9.96. The fourth-order valence-electron chi connectivity index (χ4n) is 2.36. The fraction of sp³-hybridized carbons (Fsp3) is 0.600. The minimum Gasteiger partial charge on any atom is -0.388 e. The van der Waals surface area contributed by atoms with Crippen LogP contribution < -0.4 is 0 Å². The molecule has 0 aliphatic heterocycles. The van der Waals surface area contributed by atoms with Crippen molar-refractivity contribution in [1.82, 2.24) is 0 Å². The summed E-state index contributed by atoms with van der Waals surface area (Å²) in [7, 11) is 0. The minimum absolute atomic E-state index is 0.281. The van der Waals surface area contributed by atoms with Gasteiger partial charge < -0.3 is 5.11 Å². The molecule has 2 rings (SSSR count). The largest absolute Gasteiger partial charge is 0.388 e. The highest BCUT2D eigenvalue weighted by Crippen LogP contribution is 2.57. The summed E-state index contributed by atoms with van der Waals surface area (Å²) < 4.78 is 0. The monoisotopic (exact) mass is 218 g/mol. The number of aliphatic hydroxyl groups is 1. The maximum atomic E-state index is 10.2. The summed E-state index contributed by atoms with van der Waals surface area (Å²) in [4.78, 5) is 0. The van der Waals surface area contributed by atoms with E-state index >= 15 is 0 Å². The molecule has 1 aromatic carbocycles. The van der Waals surface area contributed by atoms with Gasteiger partial charge in [0.1, 0.15) is 0 Å². The van der Waals surface area contributed by atoms with Crippen molar-refractivity contribution in [3.8, 4) is 0 Å². The normalized spacial score (nSPS) is 24.5. The van der Waals surface area contributed by atoms with Crippen LogP contribution in [-0.2, 0) is 0 Å². The second-order valence-corrected chi connectivity index (χ2v) is 6.07. The zero-order chi connectivity index (χ0) is 11.9. The van der Waals surface area contributed by atoms with Gasteiger partial charge >= 0.3 is 0 Å². The number of hydrogen-bond donors (Lipinski definition) is 1. The van der Waals surface area contributed by atoms with E-state index in [0.29, 0.717) is 17.3 Å². The van der Waals surface area contributed by atoms with E-state index in [2.05, 4.69) is 52.0 Å². The van der Waals surface area contributed by atoms with E-state index in [0.717, 1.165) is 12.0 Å². The lowest BCUT2D eigenvalue weighted by Crippen LogP contribution is -2.04. The second-order valence-electron chi connectivity index (χ2n) is 6.07. The van der Waals surface area contributed by atoms with E-state index in [1.54, 1.807) is 0 Å². The van der Waals surface area contributed by atoms with Gasteiger partial charge in [-0.05, 0) is 34.8 Å². The van der Waals surface area contributed by atoms with Gasteiger partial charge in [-0.3, -0.25) is 0 Å². The summed E-state index contributed by atoms with van der Waals surface area (Å²) in [6.45, 7) is 8.83. The average molecular weight is 218 g/mol. The average Bonchev–Trinajstić information content (AvgIpc) is 2.87. The first-order valence-electron chi connectivity index (χ1n) is 6.20. The van der Waals surface area contributed by atoms with Crippen LogP contribution in [0.25, 0.3) is 0 Å². The van der Waals surface area contributed by atoms with Crippen LogP contribution in [0.5, 0.6) is 0 Å². The Balaban J connectivity index is 2.10. The van der Waals surface area contributed by atoms with Gasteiger partial charge in [0.25, 0.3) is 0 Å². The molecule has 2 atom stereocenters. The van der Waals surface area contributed by atoms with Gasteiger partial charge in [-0.2, -0.15) is 0 Å². The van der Waals surface area contributed by atoms with Gasteiger partial charge in [0.15, 0.2) is 0 Å². The maximum absolute atomic E-state index is 10.2. The van der Waals surface area contributed by atoms with E-state index in [4.69, 9.17) is 0 Å². The zero-order valence-corrected chi connectivity index (χ0v) is 10.7. The van der Waals surface area contributed by atoms with Gasteiger partial charge in [0.05, 0.1) is 6.10 Å². The third-order valence-electron chi connectivity index (χ3n) is 3.92. The first-order chi connectivity index (χ1) is 7.42. The van der Waals surface area contributed by atoms with Crippen LogP contribution in [0.1, 0.15) is 57.3 Å². The molecule has 1 heteroatoms. The van der Waals surface area contributed by atoms with Crippen molar-refractivity contribution in [2.45, 2.75) is 46.1 Å². The molecule has 1 aliphatic rings. The molecule has 0 radical (unpaired) electrons. The summed E-state index contributed by atoms with van der Waals surface area (Å²) in [6.07, 6.45) is 0.858. The van der Waals surface area contributed by atoms with Crippen molar-refractivity contribution in [2.75, 3.05) is 0 Å². The molecule has 0 saturated heterocycles. The molecule has 1 aliphatic carbocycles. The van der Waals surface area contributed by atoms with Gasteiger partial charge in [-0.1, -0.05) is 52.0 Å². The first-order valence-corrected chi connectivity index (χ1v) is 6.20. The van der Waals surface area contributed by atoms with Crippen molar-refractivity contribution in [3.05, 3.63) is 35.4 Å². The van der Waals surface area contributed by atoms with Gasteiger partial charge in [-0.25, -0.2) is 0 Å². The van der Waals surface area contributed by atoms with Crippen LogP contribution in [0.4, 0.5) is 0 Å². The number of benzene rings is 1. The van der Waals surface area contributed by atoms with Crippen LogP contribution in [0.3, 0.4) is 0 Å². The van der Waals surface area contributed by atoms with Crippen molar-refractivity contribution in [3.63, 3.8) is 0 Å². The molecule has 2 unspecified atom stereocenters. The summed E-state index contributed by atoms with van der Waals surface area (Å²) in [5.74, 6) is 1.00. The quantitative estimate of drug-likeness (QED) is 0.816. The van der Waals surface area contributed by atoms with E-state index in [1.807, 2.05) is 0 Å². The minimum atomic E-state index is -0.281. The van der Waals surface area contributed by atoms with E-state index in [-0.39, 0.29) is 6.10 Å². The SMILES string of the molecule is CC(C)c1ccc(C(O)C2CC2(C)C)cc1. The third-order valence-corrected chi connectivity index (χ3v) is 3.92. The van der Waals surface area contributed by atoms with E-state index in [9.17, 15) is 5.11 Å². The molecule has 0 bridgehead atoms. The van der Waals surface area contributed by atoms with Gasteiger partial charge in [-0.15, -0.1) is 0 Å². The summed E-state index contributed by atoms with van der Waals surface area (Å²) >= 11 is 0. The van der Waals surface area contributed by atoms with Crippen molar-refractivity contribution in [2.24, 2.45) is 11.3 Å². The molecule has 0 spiro atoms. The van der Waals surface area contributed by atoms with E-state index in [1.165, 1.54) is 5.56 Å². The number of hydrogen-bond acceptors (Lipinski definition) is 1. The topological polar surface area (TPSA) is 20.2 Å². The molecule has 1 nitrogen and oxygen atoms in total.